The normalized spacial score (nSPS) is 15.5. The van der Waals surface area contributed by atoms with Gasteiger partial charge in [-0.25, -0.2) is 0 Å². The Labute approximate surface area is 166 Å². The Balaban J connectivity index is 1.64. The molecule has 0 N–H and O–H groups in total. The zero-order valence-corrected chi connectivity index (χ0v) is 15.8. The van der Waals surface area contributed by atoms with E-state index in [-0.39, 0.29) is 5.91 Å². The maximum absolute atomic E-state index is 12.8. The number of carbonyl (C=O) groups excluding carboxylic acids is 1. The third kappa shape index (κ3) is 3.42. The van der Waals surface area contributed by atoms with E-state index in [4.69, 9.17) is 27.6 Å². The molecule has 2 heterocycles. The van der Waals surface area contributed by atoms with Crippen LogP contribution in [0.25, 0.3) is 17.4 Å². The van der Waals surface area contributed by atoms with Crippen molar-refractivity contribution in [2.24, 2.45) is 5.10 Å². The summed E-state index contributed by atoms with van der Waals surface area (Å²) < 4.78 is 5.86. The fourth-order valence-corrected chi connectivity index (χ4v) is 3.34. The van der Waals surface area contributed by atoms with Gasteiger partial charge < -0.3 is 4.42 Å². The van der Waals surface area contributed by atoms with Crippen LogP contribution in [0.2, 0.25) is 10.0 Å². The summed E-state index contributed by atoms with van der Waals surface area (Å²) in [4.78, 5) is 12.8. The molecule has 0 atom stereocenters. The van der Waals surface area contributed by atoms with Crippen LogP contribution in [0, 0.1) is 0 Å². The summed E-state index contributed by atoms with van der Waals surface area (Å²) in [5, 5.41) is 6.81. The lowest BCUT2D eigenvalue weighted by molar-refractivity contribution is -0.114. The molecule has 0 spiro atoms. The molecular formula is C21H14Cl2N2O2. The molecule has 1 aromatic heterocycles. The fraction of sp³-hybridized carbons (Fsp3) is 0.0476. The SMILES string of the molecule is CC1=NN(c2ccccc2)C(=O)/C1=C/c1ccc(-c2ccc(Cl)cc2Cl)o1. The Hall–Kier alpha value is -2.82. The van der Waals surface area contributed by atoms with Crippen molar-refractivity contribution < 1.29 is 9.21 Å². The average Bonchev–Trinajstić information content (AvgIpc) is 3.22. The van der Waals surface area contributed by atoms with E-state index in [1.54, 1.807) is 37.3 Å². The molecule has 27 heavy (non-hydrogen) atoms. The minimum Gasteiger partial charge on any atom is -0.457 e. The van der Waals surface area contributed by atoms with Gasteiger partial charge in [0.1, 0.15) is 11.5 Å². The highest BCUT2D eigenvalue weighted by Crippen LogP contribution is 2.32. The molecule has 3 aromatic rings. The minimum atomic E-state index is -0.193. The van der Waals surface area contributed by atoms with Crippen molar-refractivity contribution in [1.82, 2.24) is 0 Å². The summed E-state index contributed by atoms with van der Waals surface area (Å²) in [5.74, 6) is 0.952. The quantitative estimate of drug-likeness (QED) is 0.505. The number of benzene rings is 2. The van der Waals surface area contributed by atoms with Crippen LogP contribution >= 0.6 is 23.2 Å². The fourth-order valence-electron chi connectivity index (χ4n) is 2.84. The molecule has 0 radical (unpaired) electrons. The average molecular weight is 397 g/mol. The second-order valence-electron chi connectivity index (χ2n) is 6.02. The van der Waals surface area contributed by atoms with Gasteiger partial charge in [-0.05, 0) is 55.5 Å². The lowest BCUT2D eigenvalue weighted by Gasteiger charge is -2.10. The lowest BCUT2D eigenvalue weighted by atomic mass is 10.1. The number of amides is 1. The Morgan fingerprint density at radius 1 is 1.04 bits per heavy atom. The highest BCUT2D eigenvalue weighted by Gasteiger charge is 2.28. The number of rotatable bonds is 3. The molecule has 1 amide bonds. The first-order valence-corrected chi connectivity index (χ1v) is 9.00. The van der Waals surface area contributed by atoms with Gasteiger partial charge in [-0.1, -0.05) is 41.4 Å². The summed E-state index contributed by atoms with van der Waals surface area (Å²) in [6.45, 7) is 1.80. The number of nitrogens with zero attached hydrogens (tertiary/aromatic N) is 2. The van der Waals surface area contributed by atoms with Crippen molar-refractivity contribution >= 4 is 46.6 Å². The van der Waals surface area contributed by atoms with Gasteiger partial charge in [0.05, 0.1) is 22.0 Å². The van der Waals surface area contributed by atoms with Gasteiger partial charge in [-0.15, -0.1) is 0 Å². The van der Waals surface area contributed by atoms with Crippen molar-refractivity contribution in [2.45, 2.75) is 6.92 Å². The van der Waals surface area contributed by atoms with Gasteiger partial charge in [0, 0.05) is 10.6 Å². The summed E-state index contributed by atoms with van der Waals surface area (Å²) in [5.41, 5.74) is 2.58. The van der Waals surface area contributed by atoms with E-state index in [9.17, 15) is 4.79 Å². The van der Waals surface area contributed by atoms with Gasteiger partial charge in [0.2, 0.25) is 0 Å². The maximum atomic E-state index is 12.8. The zero-order chi connectivity index (χ0) is 19.0. The van der Waals surface area contributed by atoms with Crippen LogP contribution in [0.3, 0.4) is 0 Å². The van der Waals surface area contributed by atoms with Crippen LogP contribution < -0.4 is 5.01 Å². The lowest BCUT2D eigenvalue weighted by Crippen LogP contribution is -2.21. The van der Waals surface area contributed by atoms with E-state index in [0.29, 0.717) is 32.9 Å². The first kappa shape index (κ1) is 17.6. The summed E-state index contributed by atoms with van der Waals surface area (Å²) in [6.07, 6.45) is 1.69. The second-order valence-corrected chi connectivity index (χ2v) is 6.87. The monoisotopic (exact) mass is 396 g/mol. The summed E-state index contributed by atoms with van der Waals surface area (Å²) in [6, 6.07) is 18.1. The van der Waals surface area contributed by atoms with Crippen molar-refractivity contribution in [3.63, 3.8) is 0 Å². The number of halogens is 2. The van der Waals surface area contributed by atoms with Gasteiger partial charge in [-0.3, -0.25) is 4.79 Å². The minimum absolute atomic E-state index is 0.193. The molecule has 134 valence electrons. The van der Waals surface area contributed by atoms with E-state index >= 15 is 0 Å². The van der Waals surface area contributed by atoms with Crippen LogP contribution in [0.4, 0.5) is 5.69 Å². The predicted molar refractivity (Wildman–Crippen MR) is 109 cm³/mol. The molecule has 0 unspecified atom stereocenters. The molecule has 0 saturated carbocycles. The van der Waals surface area contributed by atoms with Crippen molar-refractivity contribution in [2.75, 3.05) is 5.01 Å². The standard InChI is InChI=1S/C21H14Cl2N2O2/c1-13-18(21(26)25(24-13)15-5-3-2-4-6-15)12-16-8-10-20(27-16)17-9-7-14(22)11-19(17)23/h2-12H,1H3/b18-12+. The Morgan fingerprint density at radius 3 is 2.56 bits per heavy atom. The van der Waals surface area contributed by atoms with Crippen molar-refractivity contribution in [1.29, 1.82) is 0 Å². The second kappa shape index (κ2) is 7.06. The first-order chi connectivity index (χ1) is 13.0. The van der Waals surface area contributed by atoms with E-state index in [1.807, 2.05) is 36.4 Å². The molecule has 4 rings (SSSR count). The van der Waals surface area contributed by atoms with Gasteiger partial charge in [-0.2, -0.15) is 10.1 Å². The number of hydrazone groups is 1. The molecule has 0 bridgehead atoms. The zero-order valence-electron chi connectivity index (χ0n) is 14.3. The number of hydrogen-bond donors (Lipinski definition) is 0. The topological polar surface area (TPSA) is 45.8 Å². The van der Waals surface area contributed by atoms with Crippen molar-refractivity contribution in [3.05, 3.63) is 82.0 Å². The van der Waals surface area contributed by atoms with Crippen LogP contribution in [0.1, 0.15) is 12.7 Å². The van der Waals surface area contributed by atoms with E-state index in [1.165, 1.54) is 5.01 Å². The number of anilines is 1. The van der Waals surface area contributed by atoms with Crippen LogP contribution in [-0.4, -0.2) is 11.6 Å². The third-order valence-electron chi connectivity index (χ3n) is 4.17. The molecule has 6 heteroatoms. The third-order valence-corrected chi connectivity index (χ3v) is 4.72. The van der Waals surface area contributed by atoms with E-state index < -0.39 is 0 Å². The smallest absolute Gasteiger partial charge is 0.280 e. The van der Waals surface area contributed by atoms with Crippen LogP contribution in [0.15, 0.2) is 75.8 Å². The molecule has 2 aromatic carbocycles. The number of para-hydroxylation sites is 1. The van der Waals surface area contributed by atoms with E-state index in [2.05, 4.69) is 5.10 Å². The summed E-state index contributed by atoms with van der Waals surface area (Å²) >= 11 is 12.2. The molecule has 0 fully saturated rings. The Kier molecular flexibility index (Phi) is 4.60. The van der Waals surface area contributed by atoms with Gasteiger partial charge in [0.15, 0.2) is 0 Å². The number of furan rings is 1. The highest BCUT2D eigenvalue weighted by atomic mass is 35.5. The predicted octanol–water partition coefficient (Wildman–Crippen LogP) is 6.06. The molecule has 0 saturated heterocycles. The number of hydrogen-bond acceptors (Lipinski definition) is 3. The van der Waals surface area contributed by atoms with Crippen LogP contribution in [-0.2, 0) is 4.79 Å². The van der Waals surface area contributed by atoms with Gasteiger partial charge in [0.25, 0.3) is 5.91 Å². The molecule has 0 aliphatic carbocycles. The molecular weight excluding hydrogens is 383 g/mol. The molecule has 1 aliphatic rings. The Morgan fingerprint density at radius 2 is 1.81 bits per heavy atom. The maximum Gasteiger partial charge on any atom is 0.280 e. The molecule has 4 nitrogen and oxygen atoms in total. The van der Waals surface area contributed by atoms with Crippen molar-refractivity contribution in [3.8, 4) is 11.3 Å². The molecule has 1 aliphatic heterocycles. The largest absolute Gasteiger partial charge is 0.457 e. The Bertz CT molecular complexity index is 1080. The van der Waals surface area contributed by atoms with Gasteiger partial charge >= 0.3 is 0 Å². The van der Waals surface area contributed by atoms with E-state index in [0.717, 1.165) is 11.3 Å². The first-order valence-electron chi connectivity index (χ1n) is 8.25. The van der Waals surface area contributed by atoms with Crippen LogP contribution in [0.5, 0.6) is 0 Å². The highest BCUT2D eigenvalue weighted by molar-refractivity contribution is 6.36. The number of carbonyl (C=O) groups is 1. The summed E-state index contributed by atoms with van der Waals surface area (Å²) in [7, 11) is 0.